The monoisotopic (exact) mass is 509 g/mol. The lowest BCUT2D eigenvalue weighted by Gasteiger charge is -2.42. The van der Waals surface area contributed by atoms with Crippen LogP contribution in [-0.4, -0.2) is 79.5 Å². The highest BCUT2D eigenvalue weighted by Gasteiger charge is 2.46. The lowest BCUT2D eigenvalue weighted by molar-refractivity contribution is 0.0304. The van der Waals surface area contributed by atoms with Gasteiger partial charge in [-0.15, -0.1) is 0 Å². The van der Waals surface area contributed by atoms with Crippen LogP contribution < -0.4 is 0 Å². The fourth-order valence-corrected chi connectivity index (χ4v) is 7.70. The van der Waals surface area contributed by atoms with Crippen LogP contribution in [0.25, 0.3) is 0 Å². The van der Waals surface area contributed by atoms with Gasteiger partial charge in [-0.05, 0) is 81.5 Å². The van der Waals surface area contributed by atoms with Gasteiger partial charge in [0.1, 0.15) is 6.61 Å². The second-order valence-electron chi connectivity index (χ2n) is 10.6. The highest BCUT2D eigenvalue weighted by Crippen LogP contribution is 2.43. The molecule has 188 valence electrons. The number of ether oxygens (including phenoxy) is 1. The Kier molecular flexibility index (Phi) is 7.13. The molecule has 0 N–H and O–H groups in total. The van der Waals surface area contributed by atoms with E-state index < -0.39 is 10.0 Å². The molecule has 2 heterocycles. The average Bonchev–Trinajstić information content (AvgIpc) is 3.72. The van der Waals surface area contributed by atoms with Gasteiger partial charge in [0, 0.05) is 43.3 Å². The lowest BCUT2D eigenvalue weighted by Crippen LogP contribution is -2.56. The fraction of sp³-hybridized carbons (Fsp3) is 0.720. The van der Waals surface area contributed by atoms with Crippen LogP contribution >= 0.6 is 11.6 Å². The molecule has 1 aromatic rings. The molecule has 9 heteroatoms. The Morgan fingerprint density at radius 3 is 2.44 bits per heavy atom. The van der Waals surface area contributed by atoms with Crippen molar-refractivity contribution in [2.45, 2.75) is 74.9 Å². The zero-order valence-electron chi connectivity index (χ0n) is 19.9. The van der Waals surface area contributed by atoms with Gasteiger partial charge in [-0.2, -0.15) is 4.31 Å². The Balaban J connectivity index is 1.26. The van der Waals surface area contributed by atoms with E-state index in [2.05, 4.69) is 11.8 Å². The molecule has 5 rings (SSSR count). The number of piperazine rings is 1. The Hall–Kier alpha value is -1.35. The van der Waals surface area contributed by atoms with Gasteiger partial charge in [0.05, 0.1) is 10.9 Å². The molecular formula is C25H36ClN3O4S. The van der Waals surface area contributed by atoms with Gasteiger partial charge in [0.25, 0.3) is 0 Å². The van der Waals surface area contributed by atoms with E-state index in [1.54, 1.807) is 28.6 Å². The van der Waals surface area contributed by atoms with Gasteiger partial charge in [0.2, 0.25) is 10.0 Å². The molecule has 1 aromatic carbocycles. The fourth-order valence-electron chi connectivity index (χ4n) is 5.66. The van der Waals surface area contributed by atoms with E-state index in [1.807, 2.05) is 4.90 Å². The SMILES string of the molecule is C[C@H]1CN(CC2CC2)CCN1C(=O)OC[C@H]1CCC[C@@H](C2CC2)N1S(=O)(=O)c1ccc(Cl)cc1. The van der Waals surface area contributed by atoms with Crippen LogP contribution in [-0.2, 0) is 14.8 Å². The molecule has 2 saturated carbocycles. The zero-order valence-corrected chi connectivity index (χ0v) is 21.5. The molecule has 0 spiro atoms. The second kappa shape index (κ2) is 9.96. The van der Waals surface area contributed by atoms with E-state index in [-0.39, 0.29) is 35.7 Å². The Labute approximate surface area is 208 Å². The van der Waals surface area contributed by atoms with Gasteiger partial charge in [0.15, 0.2) is 0 Å². The zero-order chi connectivity index (χ0) is 23.9. The minimum absolute atomic E-state index is 0.0250. The molecular weight excluding hydrogens is 474 g/mol. The first kappa shape index (κ1) is 24.3. The Morgan fingerprint density at radius 2 is 1.79 bits per heavy atom. The number of hydrogen-bond acceptors (Lipinski definition) is 5. The van der Waals surface area contributed by atoms with Gasteiger partial charge >= 0.3 is 6.09 Å². The summed E-state index contributed by atoms with van der Waals surface area (Å²) in [7, 11) is -3.72. The summed E-state index contributed by atoms with van der Waals surface area (Å²) in [5.74, 6) is 1.24. The summed E-state index contributed by atoms with van der Waals surface area (Å²) in [6, 6.07) is 6.11. The van der Waals surface area contributed by atoms with E-state index in [0.717, 1.165) is 51.2 Å². The normalized spacial score (nSPS) is 29.2. The van der Waals surface area contributed by atoms with E-state index in [1.165, 1.54) is 12.8 Å². The van der Waals surface area contributed by atoms with Gasteiger partial charge in [-0.25, -0.2) is 13.2 Å². The molecule has 0 bridgehead atoms. The van der Waals surface area contributed by atoms with Crippen molar-refractivity contribution in [3.8, 4) is 0 Å². The van der Waals surface area contributed by atoms with Crippen molar-refractivity contribution in [2.75, 3.05) is 32.8 Å². The van der Waals surface area contributed by atoms with Crippen LogP contribution in [0.5, 0.6) is 0 Å². The third kappa shape index (κ3) is 5.40. The van der Waals surface area contributed by atoms with Crippen molar-refractivity contribution in [2.24, 2.45) is 11.8 Å². The maximum absolute atomic E-state index is 13.7. The summed E-state index contributed by atoms with van der Waals surface area (Å²) < 4.78 is 34.9. The summed E-state index contributed by atoms with van der Waals surface area (Å²) >= 11 is 6.00. The first-order valence-electron chi connectivity index (χ1n) is 12.8. The number of amides is 1. The molecule has 0 unspecified atom stereocenters. The van der Waals surface area contributed by atoms with Gasteiger partial charge < -0.3 is 9.64 Å². The van der Waals surface area contributed by atoms with E-state index in [0.29, 0.717) is 23.9 Å². The van der Waals surface area contributed by atoms with Crippen molar-refractivity contribution in [1.29, 1.82) is 0 Å². The Morgan fingerprint density at radius 1 is 1.06 bits per heavy atom. The predicted octanol–water partition coefficient (Wildman–Crippen LogP) is 4.21. The number of hydrogen-bond donors (Lipinski definition) is 0. The number of nitrogens with zero attached hydrogens (tertiary/aromatic N) is 3. The van der Waals surface area contributed by atoms with Crippen LogP contribution in [0, 0.1) is 11.8 Å². The summed E-state index contributed by atoms with van der Waals surface area (Å²) in [4.78, 5) is 17.5. The number of benzene rings is 1. The predicted molar refractivity (Wildman–Crippen MR) is 131 cm³/mol. The number of rotatable bonds is 7. The topological polar surface area (TPSA) is 70.2 Å². The highest BCUT2D eigenvalue weighted by atomic mass is 35.5. The molecule has 34 heavy (non-hydrogen) atoms. The van der Waals surface area contributed by atoms with E-state index in [9.17, 15) is 13.2 Å². The average molecular weight is 510 g/mol. The molecule has 7 nitrogen and oxygen atoms in total. The van der Waals surface area contributed by atoms with E-state index >= 15 is 0 Å². The number of sulfonamides is 1. The number of carbonyl (C=O) groups is 1. The smallest absolute Gasteiger partial charge is 0.410 e. The van der Waals surface area contributed by atoms with Crippen LogP contribution in [0.2, 0.25) is 5.02 Å². The molecule has 0 radical (unpaired) electrons. The number of piperidine rings is 1. The number of carbonyl (C=O) groups excluding carboxylic acids is 1. The van der Waals surface area contributed by atoms with Crippen molar-refractivity contribution in [3.05, 3.63) is 29.3 Å². The third-order valence-electron chi connectivity index (χ3n) is 7.84. The minimum atomic E-state index is -3.72. The molecule has 2 aliphatic heterocycles. The molecule has 2 saturated heterocycles. The molecule has 1 amide bonds. The molecule has 2 aliphatic carbocycles. The van der Waals surface area contributed by atoms with Crippen molar-refractivity contribution in [3.63, 3.8) is 0 Å². The van der Waals surface area contributed by atoms with E-state index in [4.69, 9.17) is 16.3 Å². The number of halogens is 1. The molecule has 0 aromatic heterocycles. The maximum atomic E-state index is 13.7. The molecule has 3 atom stereocenters. The first-order chi connectivity index (χ1) is 16.3. The summed E-state index contributed by atoms with van der Waals surface area (Å²) in [5.41, 5.74) is 0. The quantitative estimate of drug-likeness (QED) is 0.550. The summed E-state index contributed by atoms with van der Waals surface area (Å²) in [6.45, 7) is 5.71. The molecule has 4 fully saturated rings. The van der Waals surface area contributed by atoms with Crippen molar-refractivity contribution in [1.82, 2.24) is 14.1 Å². The summed E-state index contributed by atoms with van der Waals surface area (Å²) in [6.07, 6.45) is 6.97. The largest absolute Gasteiger partial charge is 0.448 e. The maximum Gasteiger partial charge on any atom is 0.410 e. The van der Waals surface area contributed by atoms with Crippen molar-refractivity contribution < 1.29 is 17.9 Å². The molecule has 4 aliphatic rings. The lowest BCUT2D eigenvalue weighted by atomic mass is 9.96. The Bertz CT molecular complexity index is 980. The van der Waals surface area contributed by atoms with Gasteiger partial charge in [-0.1, -0.05) is 18.0 Å². The van der Waals surface area contributed by atoms with Crippen LogP contribution in [0.15, 0.2) is 29.2 Å². The second-order valence-corrected chi connectivity index (χ2v) is 12.9. The van der Waals surface area contributed by atoms with Crippen LogP contribution in [0.1, 0.15) is 51.9 Å². The van der Waals surface area contributed by atoms with Crippen LogP contribution in [0.3, 0.4) is 0 Å². The highest BCUT2D eigenvalue weighted by molar-refractivity contribution is 7.89. The van der Waals surface area contributed by atoms with Gasteiger partial charge in [-0.3, -0.25) is 4.90 Å². The first-order valence-corrected chi connectivity index (χ1v) is 14.6. The minimum Gasteiger partial charge on any atom is -0.448 e. The standard InChI is InChI=1S/C25H36ClN3O4S/c1-18-15-27(16-19-5-6-19)13-14-28(18)25(30)33-17-22-3-2-4-24(20-7-8-20)29(22)34(31,32)23-11-9-21(26)10-12-23/h9-12,18-20,22,24H,2-8,13-17H2,1H3/t18-,22+,24-/m0/s1. The van der Waals surface area contributed by atoms with Crippen molar-refractivity contribution >= 4 is 27.7 Å². The van der Waals surface area contributed by atoms with Crippen LogP contribution in [0.4, 0.5) is 4.79 Å². The third-order valence-corrected chi connectivity index (χ3v) is 10.1. The summed E-state index contributed by atoms with van der Waals surface area (Å²) in [5, 5.41) is 0.508.